The van der Waals surface area contributed by atoms with E-state index in [0.29, 0.717) is 6.07 Å². The first-order valence-corrected chi connectivity index (χ1v) is 3.51. The van der Waals surface area contributed by atoms with Crippen LogP contribution in [0.1, 0.15) is 5.56 Å². The van der Waals surface area contributed by atoms with Gasteiger partial charge < -0.3 is 20.4 Å². The number of nitro groups is 1. The summed E-state index contributed by atoms with van der Waals surface area (Å²) >= 11 is 0. The quantitative estimate of drug-likeness (QED) is 0.308. The average Bonchev–Trinajstić information content (AvgIpc) is 2.13. The number of aromatic hydroxyl groups is 3. The summed E-state index contributed by atoms with van der Waals surface area (Å²) in [4.78, 5) is 9.50. The van der Waals surface area contributed by atoms with E-state index in [0.717, 1.165) is 0 Å². The highest BCUT2D eigenvalue weighted by atomic mass is 16.6. The van der Waals surface area contributed by atoms with Gasteiger partial charge in [-0.2, -0.15) is 0 Å². The van der Waals surface area contributed by atoms with Crippen molar-refractivity contribution in [2.24, 2.45) is 0 Å². The molecule has 4 N–H and O–H groups in total. The average molecular weight is 201 g/mol. The standard InChI is InChI=1S/C7H7NO6/c9-2-3-4(8(13)14)1-5(10)7(12)6(3)11/h1,9-12H,2H2. The van der Waals surface area contributed by atoms with Gasteiger partial charge >= 0.3 is 0 Å². The van der Waals surface area contributed by atoms with Crippen molar-refractivity contribution in [1.29, 1.82) is 0 Å². The number of hydrogen-bond acceptors (Lipinski definition) is 6. The van der Waals surface area contributed by atoms with Gasteiger partial charge in [-0.3, -0.25) is 10.1 Å². The summed E-state index contributed by atoms with van der Waals surface area (Å²) in [6, 6.07) is 0.653. The number of benzene rings is 1. The van der Waals surface area contributed by atoms with Crippen LogP contribution in [0.5, 0.6) is 17.2 Å². The van der Waals surface area contributed by atoms with Crippen LogP contribution in [0.2, 0.25) is 0 Å². The van der Waals surface area contributed by atoms with Crippen molar-refractivity contribution in [2.45, 2.75) is 6.61 Å². The number of aliphatic hydroxyl groups is 1. The van der Waals surface area contributed by atoms with E-state index in [-0.39, 0.29) is 0 Å². The third-order valence-corrected chi connectivity index (χ3v) is 1.69. The number of hydrogen-bond donors (Lipinski definition) is 4. The van der Waals surface area contributed by atoms with E-state index in [2.05, 4.69) is 0 Å². The molecule has 0 aromatic heterocycles. The Bertz CT molecular complexity index is 388. The molecule has 7 nitrogen and oxygen atoms in total. The lowest BCUT2D eigenvalue weighted by Crippen LogP contribution is -1.96. The van der Waals surface area contributed by atoms with E-state index in [1.54, 1.807) is 0 Å². The summed E-state index contributed by atoms with van der Waals surface area (Å²) in [5.74, 6) is -2.59. The van der Waals surface area contributed by atoms with Crippen LogP contribution in [0.4, 0.5) is 5.69 Å². The molecule has 0 saturated carbocycles. The molecule has 0 aliphatic rings. The van der Waals surface area contributed by atoms with Gasteiger partial charge in [0.15, 0.2) is 11.5 Å². The number of rotatable bonds is 2. The number of phenolic OH excluding ortho intramolecular Hbond substituents is 2. The van der Waals surface area contributed by atoms with Crippen LogP contribution in [0.25, 0.3) is 0 Å². The molecule has 0 fully saturated rings. The second-order valence-electron chi connectivity index (χ2n) is 2.51. The van der Waals surface area contributed by atoms with Crippen molar-refractivity contribution in [1.82, 2.24) is 0 Å². The summed E-state index contributed by atoms with van der Waals surface area (Å²) in [5, 5.41) is 46.2. The molecule has 0 saturated heterocycles. The minimum absolute atomic E-state index is 0.440. The van der Waals surface area contributed by atoms with Crippen LogP contribution in [0.3, 0.4) is 0 Å². The van der Waals surface area contributed by atoms with Crippen molar-refractivity contribution >= 4 is 5.69 Å². The minimum Gasteiger partial charge on any atom is -0.504 e. The maximum atomic E-state index is 10.4. The number of phenols is 3. The number of nitrogens with zero attached hydrogens (tertiary/aromatic N) is 1. The van der Waals surface area contributed by atoms with Crippen molar-refractivity contribution < 1.29 is 25.3 Å². The Hall–Kier alpha value is -2.02. The molecule has 14 heavy (non-hydrogen) atoms. The number of aliphatic hydroxyl groups excluding tert-OH is 1. The third-order valence-electron chi connectivity index (χ3n) is 1.69. The molecule has 0 spiro atoms. The van der Waals surface area contributed by atoms with Gasteiger partial charge in [0.2, 0.25) is 5.75 Å². The molecule has 0 bridgehead atoms. The van der Waals surface area contributed by atoms with Crippen LogP contribution in [0.15, 0.2) is 6.07 Å². The van der Waals surface area contributed by atoms with Gasteiger partial charge in [0.1, 0.15) is 5.56 Å². The Morgan fingerprint density at radius 1 is 1.29 bits per heavy atom. The molecular weight excluding hydrogens is 194 g/mol. The molecule has 0 aliphatic heterocycles. The minimum atomic E-state index is -0.890. The first kappa shape index (κ1) is 10.1. The van der Waals surface area contributed by atoms with Gasteiger partial charge in [-0.1, -0.05) is 0 Å². The Balaban J connectivity index is 3.51. The first-order chi connectivity index (χ1) is 6.49. The molecule has 1 aromatic carbocycles. The second-order valence-corrected chi connectivity index (χ2v) is 2.51. The predicted molar refractivity (Wildman–Crippen MR) is 44.0 cm³/mol. The Morgan fingerprint density at radius 2 is 1.86 bits per heavy atom. The highest BCUT2D eigenvalue weighted by molar-refractivity contribution is 5.62. The Morgan fingerprint density at radius 3 is 2.29 bits per heavy atom. The maximum absolute atomic E-state index is 10.4. The van der Waals surface area contributed by atoms with E-state index in [9.17, 15) is 10.1 Å². The monoisotopic (exact) mass is 201 g/mol. The van der Waals surface area contributed by atoms with Gasteiger partial charge in [0.25, 0.3) is 5.69 Å². The summed E-state index contributed by atoms with van der Waals surface area (Å²) < 4.78 is 0. The van der Waals surface area contributed by atoms with Gasteiger partial charge in [0.05, 0.1) is 17.6 Å². The van der Waals surface area contributed by atoms with Crippen LogP contribution in [-0.2, 0) is 6.61 Å². The molecule has 0 unspecified atom stereocenters. The molecule has 1 aromatic rings. The third kappa shape index (κ3) is 1.40. The number of nitro benzene ring substituents is 1. The van der Waals surface area contributed by atoms with Gasteiger partial charge in [-0.05, 0) is 0 Å². The maximum Gasteiger partial charge on any atom is 0.282 e. The van der Waals surface area contributed by atoms with Crippen molar-refractivity contribution in [3.63, 3.8) is 0 Å². The van der Waals surface area contributed by atoms with Crippen LogP contribution in [-0.4, -0.2) is 25.3 Å². The van der Waals surface area contributed by atoms with E-state index >= 15 is 0 Å². The van der Waals surface area contributed by atoms with Crippen molar-refractivity contribution in [2.75, 3.05) is 0 Å². The summed E-state index contributed by atoms with van der Waals surface area (Å²) in [6.07, 6.45) is 0. The normalized spacial score (nSPS) is 10.1. The molecular formula is C7H7NO6. The lowest BCUT2D eigenvalue weighted by molar-refractivity contribution is -0.386. The van der Waals surface area contributed by atoms with E-state index < -0.39 is 40.0 Å². The smallest absolute Gasteiger partial charge is 0.282 e. The molecule has 0 amide bonds. The Kier molecular flexibility index (Phi) is 2.43. The SMILES string of the molecule is O=[N+]([O-])c1cc(O)c(O)c(O)c1CO. The highest BCUT2D eigenvalue weighted by Gasteiger charge is 2.23. The van der Waals surface area contributed by atoms with Crippen LogP contribution < -0.4 is 0 Å². The second kappa shape index (κ2) is 3.38. The molecule has 7 heteroatoms. The summed E-state index contributed by atoms with van der Waals surface area (Å²) in [6.45, 7) is -0.810. The zero-order chi connectivity index (χ0) is 10.9. The summed E-state index contributed by atoms with van der Waals surface area (Å²) in [7, 11) is 0. The lowest BCUT2D eigenvalue weighted by Gasteiger charge is -2.05. The molecule has 76 valence electrons. The van der Waals surface area contributed by atoms with Crippen LogP contribution in [0, 0.1) is 10.1 Å². The summed E-state index contributed by atoms with van der Waals surface area (Å²) in [5.41, 5.74) is -1.09. The molecule has 0 radical (unpaired) electrons. The molecule has 0 atom stereocenters. The predicted octanol–water partition coefficient (Wildman–Crippen LogP) is 0.204. The zero-order valence-corrected chi connectivity index (χ0v) is 6.84. The van der Waals surface area contributed by atoms with Crippen LogP contribution >= 0.6 is 0 Å². The topological polar surface area (TPSA) is 124 Å². The first-order valence-electron chi connectivity index (χ1n) is 3.51. The van der Waals surface area contributed by atoms with E-state index in [4.69, 9.17) is 20.4 Å². The van der Waals surface area contributed by atoms with Gasteiger partial charge in [-0.15, -0.1) is 0 Å². The fourth-order valence-electron chi connectivity index (χ4n) is 0.989. The fraction of sp³-hybridized carbons (Fsp3) is 0.143. The van der Waals surface area contributed by atoms with Gasteiger partial charge in [-0.25, -0.2) is 0 Å². The van der Waals surface area contributed by atoms with Crippen molar-refractivity contribution in [3.05, 3.63) is 21.7 Å². The van der Waals surface area contributed by atoms with Gasteiger partial charge in [0, 0.05) is 0 Å². The Labute approximate surface area is 77.6 Å². The van der Waals surface area contributed by atoms with E-state index in [1.165, 1.54) is 0 Å². The largest absolute Gasteiger partial charge is 0.504 e. The molecule has 1 rings (SSSR count). The fourth-order valence-corrected chi connectivity index (χ4v) is 0.989. The molecule has 0 heterocycles. The van der Waals surface area contributed by atoms with E-state index in [1.807, 2.05) is 0 Å². The van der Waals surface area contributed by atoms with Crippen molar-refractivity contribution in [3.8, 4) is 17.2 Å². The zero-order valence-electron chi connectivity index (χ0n) is 6.84. The molecule has 0 aliphatic carbocycles. The lowest BCUT2D eigenvalue weighted by atomic mass is 10.1. The highest BCUT2D eigenvalue weighted by Crippen LogP contribution is 2.42.